The third-order valence-electron chi connectivity index (χ3n) is 3.38. The fourth-order valence-electron chi connectivity index (χ4n) is 1.63. The van der Waals surface area contributed by atoms with Gasteiger partial charge in [0.25, 0.3) is 0 Å². The molecule has 0 aliphatic carbocycles. The molecule has 4 nitrogen and oxygen atoms in total. The van der Waals surface area contributed by atoms with Gasteiger partial charge in [0.1, 0.15) is 0 Å². The van der Waals surface area contributed by atoms with Crippen LogP contribution in [-0.4, -0.2) is 32.7 Å². The number of nitrogens with zero attached hydrogens (tertiary/aromatic N) is 3. The van der Waals surface area contributed by atoms with Crippen LogP contribution in [0.4, 0.5) is 5.95 Å². The molecule has 0 fully saturated rings. The lowest BCUT2D eigenvalue weighted by Crippen LogP contribution is -2.32. The topological polar surface area (TPSA) is 50.7 Å². The first-order chi connectivity index (χ1) is 8.06. The Hall–Kier alpha value is -0.840. The van der Waals surface area contributed by atoms with Crippen molar-refractivity contribution in [1.82, 2.24) is 15.2 Å². The van der Waals surface area contributed by atoms with Gasteiger partial charge in [0.2, 0.25) is 5.95 Å². The van der Waals surface area contributed by atoms with E-state index in [2.05, 4.69) is 40.6 Å². The van der Waals surface area contributed by atoms with Gasteiger partial charge in [-0.05, 0) is 32.9 Å². The first kappa shape index (κ1) is 14.2. The Morgan fingerprint density at radius 1 is 1.12 bits per heavy atom. The van der Waals surface area contributed by atoms with Gasteiger partial charge >= 0.3 is 0 Å². The quantitative estimate of drug-likeness (QED) is 0.846. The molecule has 1 N–H and O–H groups in total. The molecule has 0 spiro atoms. The number of hydrogen-bond acceptors (Lipinski definition) is 5. The minimum atomic E-state index is 0.266. The molecule has 1 rings (SSSR count). The van der Waals surface area contributed by atoms with Gasteiger partial charge in [0.15, 0.2) is 0 Å². The molecule has 17 heavy (non-hydrogen) atoms. The van der Waals surface area contributed by atoms with Crippen molar-refractivity contribution in [1.29, 1.82) is 0 Å². The molecule has 0 atom stereocenters. The fourth-order valence-corrected chi connectivity index (χ4v) is 2.43. The first-order valence-electron chi connectivity index (χ1n) is 6.04. The van der Waals surface area contributed by atoms with Crippen LogP contribution in [-0.2, 0) is 0 Å². The van der Waals surface area contributed by atoms with Crippen LogP contribution in [0.3, 0.4) is 0 Å². The number of thioether (sulfide) groups is 1. The van der Waals surface area contributed by atoms with E-state index in [0.717, 1.165) is 30.8 Å². The zero-order valence-electron chi connectivity index (χ0n) is 11.4. The highest BCUT2D eigenvalue weighted by molar-refractivity contribution is 8.00. The molecule has 1 aromatic heterocycles. The van der Waals surface area contributed by atoms with Crippen LogP contribution in [0.1, 0.15) is 38.1 Å². The highest BCUT2D eigenvalue weighted by Gasteiger charge is 2.24. The first-order valence-corrected chi connectivity index (χ1v) is 7.26. The molecule has 0 aliphatic heterocycles. The molecular weight excluding hydrogens is 232 g/mol. The van der Waals surface area contributed by atoms with E-state index >= 15 is 0 Å². The van der Waals surface area contributed by atoms with Crippen molar-refractivity contribution >= 4 is 17.7 Å². The predicted octanol–water partition coefficient (Wildman–Crippen LogP) is 2.82. The zero-order chi connectivity index (χ0) is 12.9. The molecular formula is C12H22N4S. The summed E-state index contributed by atoms with van der Waals surface area (Å²) in [5.41, 5.74) is 1.82. The van der Waals surface area contributed by atoms with Gasteiger partial charge in [-0.15, -0.1) is 5.10 Å². The van der Waals surface area contributed by atoms with Crippen LogP contribution >= 0.6 is 11.8 Å². The average molecular weight is 254 g/mol. The van der Waals surface area contributed by atoms with Gasteiger partial charge in [-0.1, -0.05) is 13.8 Å². The monoisotopic (exact) mass is 254 g/mol. The van der Waals surface area contributed by atoms with E-state index in [-0.39, 0.29) is 4.75 Å². The third kappa shape index (κ3) is 3.56. The largest absolute Gasteiger partial charge is 0.352 e. The summed E-state index contributed by atoms with van der Waals surface area (Å²) in [7, 11) is 0. The highest BCUT2D eigenvalue weighted by atomic mass is 32.2. The van der Waals surface area contributed by atoms with Crippen molar-refractivity contribution in [3.63, 3.8) is 0 Å². The van der Waals surface area contributed by atoms with Crippen LogP contribution in [0.2, 0.25) is 0 Å². The summed E-state index contributed by atoms with van der Waals surface area (Å²) < 4.78 is 0.266. The van der Waals surface area contributed by atoms with E-state index in [0.29, 0.717) is 5.95 Å². The Morgan fingerprint density at radius 3 is 2.24 bits per heavy atom. The smallest absolute Gasteiger partial charge is 0.243 e. The van der Waals surface area contributed by atoms with Gasteiger partial charge in [-0.2, -0.15) is 16.9 Å². The van der Waals surface area contributed by atoms with E-state index in [4.69, 9.17) is 0 Å². The molecule has 96 valence electrons. The molecule has 1 heterocycles. The average Bonchev–Trinajstić information content (AvgIpc) is 2.36. The normalized spacial score (nSPS) is 11.6. The van der Waals surface area contributed by atoms with Crippen molar-refractivity contribution in [2.75, 3.05) is 18.1 Å². The van der Waals surface area contributed by atoms with Crippen molar-refractivity contribution in [3.8, 4) is 0 Å². The number of hydrogen-bond donors (Lipinski definition) is 1. The molecule has 1 aromatic rings. The Kier molecular flexibility index (Phi) is 5.18. The van der Waals surface area contributed by atoms with Gasteiger partial charge in [-0.25, -0.2) is 4.98 Å². The summed E-state index contributed by atoms with van der Waals surface area (Å²) in [4.78, 5) is 4.38. The number of nitrogens with one attached hydrogen (secondary N) is 1. The van der Waals surface area contributed by atoms with E-state index in [1.54, 1.807) is 0 Å². The lowest BCUT2D eigenvalue weighted by Gasteiger charge is -2.29. The summed E-state index contributed by atoms with van der Waals surface area (Å²) in [5.74, 6) is 0.633. The number of aryl methyl sites for hydroxylation is 2. The molecule has 0 aromatic carbocycles. The van der Waals surface area contributed by atoms with E-state index in [1.165, 1.54) is 0 Å². The summed E-state index contributed by atoms with van der Waals surface area (Å²) in [5, 5.41) is 11.4. The summed E-state index contributed by atoms with van der Waals surface area (Å²) in [6, 6.07) is 0. The molecule has 0 bridgehead atoms. The standard InChI is InChI=1S/C12H22N4S/c1-6-12(7-2,17-5)8-13-11-14-9(3)10(4)15-16-11/h6-8H2,1-5H3,(H,13,14,16). The number of rotatable bonds is 6. The molecule has 0 aliphatic rings. The van der Waals surface area contributed by atoms with E-state index < -0.39 is 0 Å². The lowest BCUT2D eigenvalue weighted by molar-refractivity contribution is 0.572. The molecule has 0 unspecified atom stereocenters. The van der Waals surface area contributed by atoms with Crippen molar-refractivity contribution < 1.29 is 0 Å². The Balaban J connectivity index is 2.68. The maximum atomic E-state index is 4.38. The summed E-state index contributed by atoms with van der Waals surface area (Å²) >= 11 is 1.91. The van der Waals surface area contributed by atoms with Crippen LogP contribution in [0.5, 0.6) is 0 Å². The van der Waals surface area contributed by atoms with Crippen LogP contribution in [0.25, 0.3) is 0 Å². The minimum Gasteiger partial charge on any atom is -0.352 e. The summed E-state index contributed by atoms with van der Waals surface area (Å²) in [6.45, 7) is 9.20. The Labute approximate surface area is 108 Å². The maximum Gasteiger partial charge on any atom is 0.243 e. The predicted molar refractivity (Wildman–Crippen MR) is 74.6 cm³/mol. The second-order valence-corrected chi connectivity index (χ2v) is 5.53. The van der Waals surface area contributed by atoms with E-state index in [1.807, 2.05) is 25.6 Å². The molecule has 0 amide bonds. The Bertz CT molecular complexity index is 355. The second-order valence-electron chi connectivity index (χ2n) is 4.25. The fraction of sp³-hybridized carbons (Fsp3) is 0.750. The van der Waals surface area contributed by atoms with Crippen LogP contribution in [0.15, 0.2) is 0 Å². The molecule has 0 saturated heterocycles. The molecule has 0 saturated carbocycles. The molecule has 5 heteroatoms. The number of anilines is 1. The number of aromatic nitrogens is 3. The zero-order valence-corrected chi connectivity index (χ0v) is 12.2. The van der Waals surface area contributed by atoms with Crippen molar-refractivity contribution in [2.24, 2.45) is 0 Å². The van der Waals surface area contributed by atoms with Gasteiger partial charge in [0.05, 0.1) is 11.4 Å². The van der Waals surface area contributed by atoms with E-state index in [9.17, 15) is 0 Å². The van der Waals surface area contributed by atoms with Crippen LogP contribution in [0, 0.1) is 13.8 Å². The van der Waals surface area contributed by atoms with Crippen LogP contribution < -0.4 is 5.32 Å². The summed E-state index contributed by atoms with van der Waals surface area (Å²) in [6.07, 6.45) is 4.43. The Morgan fingerprint density at radius 2 is 1.76 bits per heavy atom. The highest BCUT2D eigenvalue weighted by Crippen LogP contribution is 2.30. The third-order valence-corrected chi connectivity index (χ3v) is 4.97. The van der Waals surface area contributed by atoms with Gasteiger partial charge in [-0.3, -0.25) is 0 Å². The lowest BCUT2D eigenvalue weighted by atomic mass is 10.0. The van der Waals surface area contributed by atoms with Gasteiger partial charge in [0, 0.05) is 11.3 Å². The second kappa shape index (κ2) is 6.19. The van der Waals surface area contributed by atoms with Gasteiger partial charge < -0.3 is 5.32 Å². The minimum absolute atomic E-state index is 0.266. The SMILES string of the molecule is CCC(CC)(CNc1nnc(C)c(C)n1)SC. The molecule has 0 radical (unpaired) electrons. The van der Waals surface area contributed by atoms with Crippen molar-refractivity contribution in [3.05, 3.63) is 11.4 Å². The van der Waals surface area contributed by atoms with Crippen molar-refractivity contribution in [2.45, 2.75) is 45.3 Å². The maximum absolute atomic E-state index is 4.38.